The van der Waals surface area contributed by atoms with Gasteiger partial charge in [-0.1, -0.05) is 46.0 Å². The fourth-order valence-corrected chi connectivity index (χ4v) is 3.72. The van der Waals surface area contributed by atoms with Gasteiger partial charge in [-0.2, -0.15) is 11.8 Å². The lowest BCUT2D eigenvalue weighted by atomic mass is 10.0. The molecule has 0 amide bonds. The molecule has 0 aromatic rings. The van der Waals surface area contributed by atoms with Crippen LogP contribution in [0.3, 0.4) is 0 Å². The van der Waals surface area contributed by atoms with Crippen molar-refractivity contribution in [2.24, 2.45) is 11.7 Å². The summed E-state index contributed by atoms with van der Waals surface area (Å²) in [7, 11) is 0. The maximum absolute atomic E-state index is 6.16. The minimum atomic E-state index is 0.436. The van der Waals surface area contributed by atoms with Crippen LogP contribution in [0.2, 0.25) is 0 Å². The first-order valence-corrected chi connectivity index (χ1v) is 8.10. The van der Waals surface area contributed by atoms with Crippen LogP contribution in [0.1, 0.15) is 65.2 Å². The van der Waals surface area contributed by atoms with Crippen molar-refractivity contribution in [1.82, 2.24) is 0 Å². The van der Waals surface area contributed by atoms with Gasteiger partial charge in [0.1, 0.15) is 0 Å². The van der Waals surface area contributed by atoms with E-state index >= 15 is 0 Å². The Labute approximate surface area is 106 Å². The molecule has 0 aromatic heterocycles. The summed E-state index contributed by atoms with van der Waals surface area (Å²) >= 11 is 2.14. The Morgan fingerprint density at radius 3 is 2.44 bits per heavy atom. The van der Waals surface area contributed by atoms with E-state index in [-0.39, 0.29) is 0 Å². The highest BCUT2D eigenvalue weighted by Gasteiger charge is 2.14. The molecule has 1 aliphatic carbocycles. The molecule has 2 N–H and O–H groups in total. The Kier molecular flexibility index (Phi) is 7.55. The second kappa shape index (κ2) is 8.41. The van der Waals surface area contributed by atoms with Gasteiger partial charge < -0.3 is 5.73 Å². The molecule has 0 aliphatic heterocycles. The maximum atomic E-state index is 6.16. The number of rotatable bonds is 7. The molecule has 0 radical (unpaired) electrons. The van der Waals surface area contributed by atoms with Crippen molar-refractivity contribution >= 4 is 11.8 Å². The van der Waals surface area contributed by atoms with Gasteiger partial charge in [-0.05, 0) is 25.2 Å². The smallest absolute Gasteiger partial charge is 0.0130 e. The van der Waals surface area contributed by atoms with Crippen LogP contribution < -0.4 is 5.73 Å². The third kappa shape index (κ3) is 6.80. The Morgan fingerprint density at radius 2 is 1.81 bits per heavy atom. The number of hydrogen-bond donors (Lipinski definition) is 1. The molecule has 0 saturated heterocycles. The van der Waals surface area contributed by atoms with Crippen LogP contribution >= 0.6 is 11.8 Å². The predicted molar refractivity (Wildman–Crippen MR) is 76.0 cm³/mol. The van der Waals surface area contributed by atoms with Crippen LogP contribution in [0.15, 0.2) is 0 Å². The summed E-state index contributed by atoms with van der Waals surface area (Å²) < 4.78 is 0. The number of nitrogens with two attached hydrogens (primary N) is 1. The van der Waals surface area contributed by atoms with E-state index in [2.05, 4.69) is 25.6 Å². The Hall–Kier alpha value is 0.310. The zero-order valence-electron chi connectivity index (χ0n) is 11.1. The molecule has 1 rings (SSSR count). The van der Waals surface area contributed by atoms with Gasteiger partial charge in [-0.15, -0.1) is 0 Å². The molecule has 0 spiro atoms. The molecule has 1 fully saturated rings. The van der Waals surface area contributed by atoms with Gasteiger partial charge in [-0.3, -0.25) is 0 Å². The van der Waals surface area contributed by atoms with Crippen LogP contribution in [-0.4, -0.2) is 17.0 Å². The Bertz CT molecular complexity index is 164. The number of thioether (sulfide) groups is 1. The summed E-state index contributed by atoms with van der Waals surface area (Å²) in [6.07, 6.45) is 11.1. The zero-order valence-corrected chi connectivity index (χ0v) is 11.9. The predicted octanol–water partition coefficient (Wildman–Crippen LogP) is 4.21. The van der Waals surface area contributed by atoms with E-state index in [4.69, 9.17) is 5.73 Å². The highest BCUT2D eigenvalue weighted by molar-refractivity contribution is 7.99. The minimum Gasteiger partial charge on any atom is -0.327 e. The zero-order chi connectivity index (χ0) is 11.8. The van der Waals surface area contributed by atoms with Crippen molar-refractivity contribution in [3.8, 4) is 0 Å². The van der Waals surface area contributed by atoms with Crippen LogP contribution in [0.25, 0.3) is 0 Å². The standard InChI is InChI=1S/C14H29NS/c1-12(2)7-6-8-13(15)11-16-14-9-4-3-5-10-14/h12-14H,3-11,15H2,1-2H3. The van der Waals surface area contributed by atoms with E-state index in [9.17, 15) is 0 Å². The Morgan fingerprint density at radius 1 is 1.12 bits per heavy atom. The van der Waals surface area contributed by atoms with Crippen molar-refractivity contribution in [2.45, 2.75) is 76.5 Å². The molecule has 0 bridgehead atoms. The summed E-state index contributed by atoms with van der Waals surface area (Å²) in [6, 6.07) is 0.436. The van der Waals surface area contributed by atoms with Crippen LogP contribution in [0, 0.1) is 5.92 Å². The molecule has 96 valence electrons. The molecule has 1 unspecified atom stereocenters. The molecule has 1 aliphatic rings. The molecule has 1 atom stereocenters. The monoisotopic (exact) mass is 243 g/mol. The molecular weight excluding hydrogens is 214 g/mol. The maximum Gasteiger partial charge on any atom is 0.0130 e. The third-order valence-electron chi connectivity index (χ3n) is 3.45. The fourth-order valence-electron chi connectivity index (χ4n) is 2.36. The highest BCUT2D eigenvalue weighted by atomic mass is 32.2. The van der Waals surface area contributed by atoms with E-state index in [1.54, 1.807) is 0 Å². The van der Waals surface area contributed by atoms with E-state index in [0.717, 1.165) is 11.2 Å². The van der Waals surface area contributed by atoms with E-state index in [1.807, 2.05) is 0 Å². The molecule has 0 heterocycles. The van der Waals surface area contributed by atoms with Gasteiger partial charge in [0.05, 0.1) is 0 Å². The molecule has 16 heavy (non-hydrogen) atoms. The van der Waals surface area contributed by atoms with E-state index < -0.39 is 0 Å². The normalized spacial score (nSPS) is 20.2. The quantitative estimate of drug-likeness (QED) is 0.725. The first-order valence-electron chi connectivity index (χ1n) is 7.05. The second-order valence-corrected chi connectivity index (χ2v) is 7.01. The molecule has 0 aromatic carbocycles. The lowest BCUT2D eigenvalue weighted by molar-refractivity contribution is 0.506. The van der Waals surface area contributed by atoms with Gasteiger partial charge >= 0.3 is 0 Å². The Balaban J connectivity index is 1.98. The van der Waals surface area contributed by atoms with Crippen molar-refractivity contribution in [3.05, 3.63) is 0 Å². The summed E-state index contributed by atoms with van der Waals surface area (Å²) in [4.78, 5) is 0. The second-order valence-electron chi connectivity index (χ2n) is 5.68. The first-order chi connectivity index (χ1) is 7.68. The SMILES string of the molecule is CC(C)CCCC(N)CSC1CCCCC1. The van der Waals surface area contributed by atoms with Crippen LogP contribution in [0.4, 0.5) is 0 Å². The topological polar surface area (TPSA) is 26.0 Å². The summed E-state index contributed by atoms with van der Waals surface area (Å²) in [6.45, 7) is 4.59. The van der Waals surface area contributed by atoms with Crippen LogP contribution in [-0.2, 0) is 0 Å². The largest absolute Gasteiger partial charge is 0.327 e. The minimum absolute atomic E-state index is 0.436. The average molecular weight is 243 g/mol. The first kappa shape index (κ1) is 14.4. The van der Waals surface area contributed by atoms with Gasteiger partial charge in [0.2, 0.25) is 0 Å². The van der Waals surface area contributed by atoms with E-state index in [1.165, 1.54) is 57.1 Å². The lowest BCUT2D eigenvalue weighted by Crippen LogP contribution is -2.24. The van der Waals surface area contributed by atoms with Gasteiger partial charge in [0, 0.05) is 17.0 Å². The van der Waals surface area contributed by atoms with E-state index in [0.29, 0.717) is 6.04 Å². The van der Waals surface area contributed by atoms with Gasteiger partial charge in [0.25, 0.3) is 0 Å². The number of hydrogen-bond acceptors (Lipinski definition) is 2. The van der Waals surface area contributed by atoms with Crippen molar-refractivity contribution in [3.63, 3.8) is 0 Å². The molecule has 1 nitrogen and oxygen atoms in total. The fraction of sp³-hybridized carbons (Fsp3) is 1.00. The van der Waals surface area contributed by atoms with Crippen molar-refractivity contribution < 1.29 is 0 Å². The van der Waals surface area contributed by atoms with Crippen LogP contribution in [0.5, 0.6) is 0 Å². The van der Waals surface area contributed by atoms with Gasteiger partial charge in [-0.25, -0.2) is 0 Å². The highest BCUT2D eigenvalue weighted by Crippen LogP contribution is 2.28. The van der Waals surface area contributed by atoms with Crippen molar-refractivity contribution in [2.75, 3.05) is 5.75 Å². The lowest BCUT2D eigenvalue weighted by Gasteiger charge is -2.22. The summed E-state index contributed by atoms with van der Waals surface area (Å²) in [5, 5.41) is 0.921. The third-order valence-corrected chi connectivity index (χ3v) is 5.02. The summed E-state index contributed by atoms with van der Waals surface area (Å²) in [5.74, 6) is 2.01. The molecular formula is C14H29NS. The van der Waals surface area contributed by atoms with Gasteiger partial charge in [0.15, 0.2) is 0 Å². The summed E-state index contributed by atoms with van der Waals surface area (Å²) in [5.41, 5.74) is 6.16. The molecule has 1 saturated carbocycles. The van der Waals surface area contributed by atoms with Crippen molar-refractivity contribution in [1.29, 1.82) is 0 Å². The average Bonchev–Trinajstić information content (AvgIpc) is 2.27. The molecule has 2 heteroatoms.